The molecule has 1 saturated heterocycles. The van der Waals surface area contributed by atoms with Crippen molar-refractivity contribution in [3.63, 3.8) is 0 Å². The molecule has 4 nitrogen and oxygen atoms in total. The van der Waals surface area contributed by atoms with Crippen molar-refractivity contribution in [1.82, 2.24) is 9.97 Å². The molecule has 0 atom stereocenters. The molecule has 1 aliphatic rings. The molecule has 1 fully saturated rings. The van der Waals surface area contributed by atoms with E-state index in [1.54, 1.807) is 0 Å². The average Bonchev–Trinajstić information content (AvgIpc) is 2.79. The van der Waals surface area contributed by atoms with Gasteiger partial charge in [-0.25, -0.2) is 4.98 Å². The molecule has 0 amide bonds. The third-order valence-corrected chi connectivity index (χ3v) is 2.92. The molecule has 0 radical (unpaired) electrons. The van der Waals surface area contributed by atoms with Gasteiger partial charge in [-0.15, -0.1) is 0 Å². The van der Waals surface area contributed by atoms with Crippen LogP contribution < -0.4 is 10.2 Å². The number of aromatic nitrogens is 2. The first-order chi connectivity index (χ1) is 8.15. The van der Waals surface area contributed by atoms with Gasteiger partial charge in [-0.05, 0) is 25.7 Å². The third-order valence-electron chi connectivity index (χ3n) is 2.92. The van der Waals surface area contributed by atoms with E-state index < -0.39 is 0 Å². The Labute approximate surface area is 103 Å². The van der Waals surface area contributed by atoms with E-state index in [4.69, 9.17) is 0 Å². The van der Waals surface area contributed by atoms with Crippen LogP contribution in [0, 0.1) is 12.8 Å². The molecule has 1 aliphatic heterocycles. The Hall–Kier alpha value is -1.32. The number of rotatable bonds is 4. The number of nitrogens with one attached hydrogen (secondary N) is 1. The van der Waals surface area contributed by atoms with Crippen molar-refractivity contribution in [2.75, 3.05) is 29.9 Å². The lowest BCUT2D eigenvalue weighted by Gasteiger charge is -2.17. The molecule has 4 heteroatoms. The fraction of sp³-hybridized carbons (Fsp3) is 0.692. The van der Waals surface area contributed by atoms with Crippen LogP contribution in [0.4, 0.5) is 11.8 Å². The van der Waals surface area contributed by atoms with E-state index in [1.807, 2.05) is 13.0 Å². The van der Waals surface area contributed by atoms with Crippen molar-refractivity contribution in [3.05, 3.63) is 11.8 Å². The smallest absolute Gasteiger partial charge is 0.227 e. The van der Waals surface area contributed by atoms with E-state index >= 15 is 0 Å². The summed E-state index contributed by atoms with van der Waals surface area (Å²) in [4.78, 5) is 11.4. The lowest BCUT2D eigenvalue weighted by atomic mass is 10.2. The minimum atomic E-state index is 0.625. The van der Waals surface area contributed by atoms with Gasteiger partial charge in [0, 0.05) is 31.4 Å². The number of hydrogen-bond acceptors (Lipinski definition) is 4. The summed E-state index contributed by atoms with van der Waals surface area (Å²) in [6.07, 6.45) is 2.51. The molecule has 0 spiro atoms. The maximum absolute atomic E-state index is 4.59. The highest BCUT2D eigenvalue weighted by atomic mass is 15.3. The molecule has 0 aromatic carbocycles. The minimum absolute atomic E-state index is 0.625. The van der Waals surface area contributed by atoms with Crippen LogP contribution in [-0.2, 0) is 0 Å². The first-order valence-electron chi connectivity index (χ1n) is 6.49. The van der Waals surface area contributed by atoms with Crippen LogP contribution in [0.1, 0.15) is 32.4 Å². The van der Waals surface area contributed by atoms with Crippen LogP contribution >= 0.6 is 0 Å². The Morgan fingerprint density at radius 2 is 2.00 bits per heavy atom. The van der Waals surface area contributed by atoms with Gasteiger partial charge in [-0.2, -0.15) is 4.98 Å². The molecule has 17 heavy (non-hydrogen) atoms. The minimum Gasteiger partial charge on any atom is -0.370 e. The number of nitrogens with zero attached hydrogens (tertiary/aromatic N) is 3. The van der Waals surface area contributed by atoms with Crippen molar-refractivity contribution in [3.8, 4) is 0 Å². The summed E-state index contributed by atoms with van der Waals surface area (Å²) >= 11 is 0. The van der Waals surface area contributed by atoms with Crippen LogP contribution in [0.15, 0.2) is 6.07 Å². The second kappa shape index (κ2) is 5.34. The van der Waals surface area contributed by atoms with E-state index in [0.29, 0.717) is 5.92 Å². The van der Waals surface area contributed by atoms with Crippen molar-refractivity contribution in [1.29, 1.82) is 0 Å². The molecule has 1 aromatic rings. The van der Waals surface area contributed by atoms with Gasteiger partial charge in [0.15, 0.2) is 0 Å². The second-order valence-corrected chi connectivity index (χ2v) is 5.16. The summed E-state index contributed by atoms with van der Waals surface area (Å²) in [5.41, 5.74) is 1.04. The maximum Gasteiger partial charge on any atom is 0.227 e. The normalized spacial score (nSPS) is 15.6. The molecule has 0 saturated carbocycles. The quantitative estimate of drug-likeness (QED) is 0.869. The fourth-order valence-corrected chi connectivity index (χ4v) is 2.01. The van der Waals surface area contributed by atoms with Crippen molar-refractivity contribution in [2.45, 2.75) is 33.6 Å². The fourth-order valence-electron chi connectivity index (χ4n) is 2.01. The summed E-state index contributed by atoms with van der Waals surface area (Å²) in [7, 11) is 0. The van der Waals surface area contributed by atoms with Gasteiger partial charge in [0.1, 0.15) is 5.82 Å². The summed E-state index contributed by atoms with van der Waals surface area (Å²) in [6, 6.07) is 2.02. The first kappa shape index (κ1) is 12.1. The zero-order valence-electron chi connectivity index (χ0n) is 11.0. The molecular weight excluding hydrogens is 212 g/mol. The number of hydrogen-bond donors (Lipinski definition) is 1. The van der Waals surface area contributed by atoms with Crippen molar-refractivity contribution < 1.29 is 0 Å². The van der Waals surface area contributed by atoms with Gasteiger partial charge >= 0.3 is 0 Å². The predicted molar refractivity (Wildman–Crippen MR) is 71.5 cm³/mol. The van der Waals surface area contributed by atoms with Crippen LogP contribution in [0.25, 0.3) is 0 Å². The Kier molecular flexibility index (Phi) is 3.82. The molecule has 0 bridgehead atoms. The molecule has 0 aliphatic carbocycles. The Morgan fingerprint density at radius 3 is 2.65 bits per heavy atom. The summed E-state index contributed by atoms with van der Waals surface area (Å²) in [6.45, 7) is 9.56. The summed E-state index contributed by atoms with van der Waals surface area (Å²) < 4.78 is 0. The van der Waals surface area contributed by atoms with Gasteiger partial charge in [0.25, 0.3) is 0 Å². The Bertz CT molecular complexity index is 370. The zero-order chi connectivity index (χ0) is 12.3. The van der Waals surface area contributed by atoms with Crippen LogP contribution in [0.2, 0.25) is 0 Å². The molecule has 1 N–H and O–H groups in total. The molecular formula is C13H22N4. The van der Waals surface area contributed by atoms with Crippen LogP contribution in [-0.4, -0.2) is 29.6 Å². The van der Waals surface area contributed by atoms with Crippen LogP contribution in [0.5, 0.6) is 0 Å². The van der Waals surface area contributed by atoms with E-state index in [9.17, 15) is 0 Å². The topological polar surface area (TPSA) is 41.1 Å². The Morgan fingerprint density at radius 1 is 1.29 bits per heavy atom. The number of aryl methyl sites for hydroxylation is 1. The average molecular weight is 234 g/mol. The van der Waals surface area contributed by atoms with Crippen molar-refractivity contribution >= 4 is 11.8 Å². The van der Waals surface area contributed by atoms with E-state index in [2.05, 4.69) is 34.0 Å². The molecule has 2 rings (SSSR count). The lowest BCUT2D eigenvalue weighted by Crippen LogP contribution is -2.21. The molecule has 2 heterocycles. The largest absolute Gasteiger partial charge is 0.370 e. The predicted octanol–water partition coefficient (Wildman–Crippen LogP) is 2.45. The maximum atomic E-state index is 4.59. The highest BCUT2D eigenvalue weighted by molar-refractivity contribution is 5.44. The van der Waals surface area contributed by atoms with Gasteiger partial charge in [-0.3, -0.25) is 0 Å². The number of anilines is 2. The molecule has 0 unspecified atom stereocenters. The molecule has 94 valence electrons. The highest BCUT2D eigenvalue weighted by Crippen LogP contribution is 2.18. The van der Waals surface area contributed by atoms with Gasteiger partial charge in [0.05, 0.1) is 0 Å². The van der Waals surface area contributed by atoms with E-state index in [-0.39, 0.29) is 0 Å². The summed E-state index contributed by atoms with van der Waals surface area (Å²) in [5, 5.41) is 3.37. The van der Waals surface area contributed by atoms with Gasteiger partial charge in [-0.1, -0.05) is 13.8 Å². The SMILES string of the molecule is Cc1cc(NCC(C)C)nc(N2CCCC2)n1. The van der Waals surface area contributed by atoms with Crippen molar-refractivity contribution in [2.24, 2.45) is 5.92 Å². The van der Waals surface area contributed by atoms with Gasteiger partial charge < -0.3 is 10.2 Å². The zero-order valence-corrected chi connectivity index (χ0v) is 11.0. The highest BCUT2D eigenvalue weighted by Gasteiger charge is 2.15. The third kappa shape index (κ3) is 3.32. The second-order valence-electron chi connectivity index (χ2n) is 5.16. The summed E-state index contributed by atoms with van der Waals surface area (Å²) in [5.74, 6) is 2.46. The molecule has 1 aromatic heterocycles. The standard InChI is InChI=1S/C13H22N4/c1-10(2)9-14-12-8-11(3)15-13(16-12)17-6-4-5-7-17/h8,10H,4-7,9H2,1-3H3,(H,14,15,16). The monoisotopic (exact) mass is 234 g/mol. The van der Waals surface area contributed by atoms with Gasteiger partial charge in [0.2, 0.25) is 5.95 Å². The van der Waals surface area contributed by atoms with E-state index in [1.165, 1.54) is 12.8 Å². The van der Waals surface area contributed by atoms with Crippen LogP contribution in [0.3, 0.4) is 0 Å². The van der Waals surface area contributed by atoms with E-state index in [0.717, 1.165) is 37.1 Å². The Balaban J connectivity index is 2.11. The lowest BCUT2D eigenvalue weighted by molar-refractivity contribution is 0.686. The first-order valence-corrected chi connectivity index (χ1v) is 6.49.